The van der Waals surface area contributed by atoms with E-state index in [2.05, 4.69) is 37.0 Å². The number of allylic oxidation sites excluding steroid dienone is 1. The normalized spacial score (nSPS) is 14.8. The maximum absolute atomic E-state index is 12.5. The van der Waals surface area contributed by atoms with Crippen LogP contribution < -0.4 is 5.84 Å². The summed E-state index contributed by atoms with van der Waals surface area (Å²) in [6.45, 7) is 2.78. The van der Waals surface area contributed by atoms with Crippen molar-refractivity contribution in [1.29, 1.82) is 0 Å². The van der Waals surface area contributed by atoms with Crippen LogP contribution in [-0.4, -0.2) is 51.6 Å². The van der Waals surface area contributed by atoms with Gasteiger partial charge in [0.05, 0.1) is 30.3 Å². The van der Waals surface area contributed by atoms with E-state index in [9.17, 15) is 13.2 Å². The fourth-order valence-corrected chi connectivity index (χ4v) is 2.52. The molecule has 1 aliphatic heterocycles. The van der Waals surface area contributed by atoms with E-state index in [1.807, 2.05) is 0 Å². The second-order valence-electron chi connectivity index (χ2n) is 5.93. The highest BCUT2D eigenvalue weighted by atomic mass is 19.4. The maximum atomic E-state index is 12.5. The van der Waals surface area contributed by atoms with Crippen LogP contribution in [0.1, 0.15) is 0 Å². The zero-order valence-corrected chi connectivity index (χ0v) is 14.2. The summed E-state index contributed by atoms with van der Waals surface area (Å²) in [5.41, 5.74) is 2.03. The monoisotopic (exact) mass is 390 g/mol. The molecule has 0 amide bonds. The summed E-state index contributed by atoms with van der Waals surface area (Å²) in [6.07, 6.45) is 2.90. The lowest BCUT2D eigenvalue weighted by molar-refractivity contribution is -0.142. The number of fused-ring (bicyclic) bond motifs is 1. The van der Waals surface area contributed by atoms with Gasteiger partial charge in [0.1, 0.15) is 12.4 Å². The van der Waals surface area contributed by atoms with Crippen molar-refractivity contribution in [3.63, 3.8) is 0 Å². The molecule has 13 heteroatoms. The summed E-state index contributed by atoms with van der Waals surface area (Å²) >= 11 is 0. The van der Waals surface area contributed by atoms with Crippen LogP contribution in [0.25, 0.3) is 22.6 Å². The quantitative estimate of drug-likeness (QED) is 0.667. The van der Waals surface area contributed by atoms with E-state index in [1.165, 1.54) is 28.3 Å². The number of nitrogens with zero attached hydrogens (tertiary/aromatic N) is 9. The van der Waals surface area contributed by atoms with E-state index < -0.39 is 12.7 Å². The Balaban J connectivity index is 1.63. The van der Waals surface area contributed by atoms with Crippen LogP contribution in [0.3, 0.4) is 0 Å². The van der Waals surface area contributed by atoms with Gasteiger partial charge >= 0.3 is 6.18 Å². The minimum absolute atomic E-state index is 0.241. The third-order valence-electron chi connectivity index (χ3n) is 3.81. The first-order chi connectivity index (χ1) is 13.3. The van der Waals surface area contributed by atoms with Crippen molar-refractivity contribution >= 4 is 17.0 Å². The van der Waals surface area contributed by atoms with Crippen LogP contribution in [-0.2, 0) is 13.1 Å². The van der Waals surface area contributed by atoms with Gasteiger partial charge in [0.2, 0.25) is 5.65 Å². The minimum Gasteiger partial charge on any atom is -0.270 e. The third-order valence-corrected chi connectivity index (χ3v) is 3.81. The van der Waals surface area contributed by atoms with Gasteiger partial charge in [0.25, 0.3) is 0 Å². The summed E-state index contributed by atoms with van der Waals surface area (Å²) in [5.74, 6) is 6.00. The van der Waals surface area contributed by atoms with Crippen molar-refractivity contribution < 1.29 is 13.2 Å². The molecule has 28 heavy (non-hydrogen) atoms. The number of hydrogen-bond donors (Lipinski definition) is 1. The van der Waals surface area contributed by atoms with Gasteiger partial charge in [-0.15, -0.1) is 5.10 Å². The zero-order valence-electron chi connectivity index (χ0n) is 14.2. The molecule has 0 aliphatic carbocycles. The Morgan fingerprint density at radius 2 is 2.04 bits per heavy atom. The molecule has 0 saturated heterocycles. The molecule has 1 aliphatic rings. The number of aliphatic imine (C=N–C) groups is 1. The number of rotatable bonds is 4. The number of halogens is 3. The van der Waals surface area contributed by atoms with Crippen molar-refractivity contribution in [2.75, 3.05) is 0 Å². The zero-order chi connectivity index (χ0) is 19.9. The van der Waals surface area contributed by atoms with Gasteiger partial charge in [0.15, 0.2) is 5.65 Å². The van der Waals surface area contributed by atoms with Crippen LogP contribution in [0.15, 0.2) is 48.3 Å². The smallest absolute Gasteiger partial charge is 0.270 e. The number of aromatic nitrogens is 7. The molecule has 0 fully saturated rings. The molecule has 0 atom stereocenters. The standard InChI is InChI=1S/C15H13F3N10/c1-9-22-11(2-3-27(9)19)7-28-14-13(24-25-28)20-5-12(23-14)10-4-21-26(6-10)8-15(16,17)18/h2-6H,1,7-8,19H2. The van der Waals surface area contributed by atoms with E-state index >= 15 is 0 Å². The largest absolute Gasteiger partial charge is 0.408 e. The van der Waals surface area contributed by atoms with Gasteiger partial charge in [-0.3, -0.25) is 9.69 Å². The van der Waals surface area contributed by atoms with Gasteiger partial charge in [0, 0.05) is 18.0 Å². The van der Waals surface area contributed by atoms with Crippen molar-refractivity contribution in [3.8, 4) is 11.3 Å². The fourth-order valence-electron chi connectivity index (χ4n) is 2.52. The van der Waals surface area contributed by atoms with Gasteiger partial charge in [-0.2, -0.15) is 18.3 Å². The Hall–Kier alpha value is -3.61. The predicted molar refractivity (Wildman–Crippen MR) is 92.1 cm³/mol. The molecule has 3 aromatic rings. The van der Waals surface area contributed by atoms with Gasteiger partial charge in [-0.25, -0.2) is 25.5 Å². The molecule has 10 nitrogen and oxygen atoms in total. The highest BCUT2D eigenvalue weighted by molar-refractivity contribution is 5.96. The first-order valence-electron chi connectivity index (χ1n) is 7.93. The summed E-state index contributed by atoms with van der Waals surface area (Å²) in [6, 6.07) is 0. The van der Waals surface area contributed by atoms with E-state index in [0.717, 1.165) is 4.68 Å². The fraction of sp³-hybridized carbons (Fsp3) is 0.200. The van der Waals surface area contributed by atoms with E-state index in [0.29, 0.717) is 34.1 Å². The molecular weight excluding hydrogens is 377 g/mol. The molecule has 4 rings (SSSR count). The Bertz CT molecular complexity index is 1110. The lowest BCUT2D eigenvalue weighted by Crippen LogP contribution is -2.27. The second kappa shape index (κ2) is 6.53. The molecule has 0 aromatic carbocycles. The van der Waals surface area contributed by atoms with Gasteiger partial charge in [-0.05, 0) is 6.08 Å². The molecule has 0 radical (unpaired) electrons. The first-order valence-corrected chi connectivity index (χ1v) is 7.93. The second-order valence-corrected chi connectivity index (χ2v) is 5.93. The molecule has 0 unspecified atom stereocenters. The Labute approximate surface area is 155 Å². The Morgan fingerprint density at radius 3 is 2.79 bits per heavy atom. The average molecular weight is 390 g/mol. The van der Waals surface area contributed by atoms with Crippen molar-refractivity contribution in [1.82, 2.24) is 39.8 Å². The maximum Gasteiger partial charge on any atom is 0.408 e. The van der Waals surface area contributed by atoms with Crippen molar-refractivity contribution in [2.45, 2.75) is 19.3 Å². The highest BCUT2D eigenvalue weighted by Crippen LogP contribution is 2.21. The molecule has 0 bridgehead atoms. The number of alkyl halides is 3. The number of hydrogen-bond acceptors (Lipinski definition) is 8. The van der Waals surface area contributed by atoms with E-state index in [4.69, 9.17) is 5.84 Å². The van der Waals surface area contributed by atoms with Crippen LogP contribution in [0, 0.1) is 0 Å². The molecule has 4 heterocycles. The van der Waals surface area contributed by atoms with Gasteiger partial charge < -0.3 is 0 Å². The molecular formula is C15H13F3N10. The highest BCUT2D eigenvalue weighted by Gasteiger charge is 2.28. The van der Waals surface area contributed by atoms with E-state index in [1.54, 1.807) is 12.3 Å². The average Bonchev–Trinajstić information content (AvgIpc) is 3.24. The van der Waals surface area contributed by atoms with Crippen molar-refractivity contribution in [2.24, 2.45) is 10.8 Å². The first kappa shape index (κ1) is 17.8. The van der Waals surface area contributed by atoms with Crippen LogP contribution >= 0.6 is 0 Å². The number of hydrazine groups is 1. The molecule has 3 aromatic heterocycles. The van der Waals surface area contributed by atoms with Crippen molar-refractivity contribution in [3.05, 3.63) is 43.3 Å². The molecule has 144 valence electrons. The van der Waals surface area contributed by atoms with E-state index in [-0.39, 0.29) is 6.54 Å². The lowest BCUT2D eigenvalue weighted by Gasteiger charge is -2.17. The van der Waals surface area contributed by atoms with Gasteiger partial charge in [-0.1, -0.05) is 11.8 Å². The molecule has 0 spiro atoms. The summed E-state index contributed by atoms with van der Waals surface area (Å²) in [4.78, 5) is 12.8. The van der Waals surface area contributed by atoms with Crippen LogP contribution in [0.2, 0.25) is 0 Å². The summed E-state index contributed by atoms with van der Waals surface area (Å²) < 4.78 is 39.8. The predicted octanol–water partition coefficient (Wildman–Crippen LogP) is 1.26. The molecule has 2 N–H and O–H groups in total. The summed E-state index contributed by atoms with van der Waals surface area (Å²) in [5, 5.41) is 12.9. The summed E-state index contributed by atoms with van der Waals surface area (Å²) in [7, 11) is 0. The number of nitrogens with two attached hydrogens (primary N) is 1. The Kier molecular flexibility index (Phi) is 4.15. The lowest BCUT2D eigenvalue weighted by atomic mass is 10.3. The topological polar surface area (TPSA) is 116 Å². The Morgan fingerprint density at radius 1 is 1.21 bits per heavy atom. The van der Waals surface area contributed by atoms with Crippen LogP contribution in [0.4, 0.5) is 13.2 Å². The SMILES string of the molecule is C=C1N=C(Cn2nnc3ncc(-c4cnn(CC(F)(F)F)c4)nc32)C=CN1N. The molecule has 0 saturated carbocycles. The third kappa shape index (κ3) is 3.59. The minimum atomic E-state index is -4.36. The van der Waals surface area contributed by atoms with Crippen LogP contribution in [0.5, 0.6) is 0 Å².